The fourth-order valence-electron chi connectivity index (χ4n) is 1.78. The highest BCUT2D eigenvalue weighted by Crippen LogP contribution is 2.28. The molecule has 0 fully saturated rings. The maximum Gasteiger partial charge on any atom is 0.237 e. The Morgan fingerprint density at radius 2 is 1.90 bits per heavy atom. The lowest BCUT2D eigenvalue weighted by Crippen LogP contribution is -2.24. The second kappa shape index (κ2) is 7.87. The minimum atomic E-state index is -0.140. The van der Waals surface area contributed by atoms with Gasteiger partial charge in [0.15, 0.2) is 0 Å². The Kier molecular flexibility index (Phi) is 6.15. The molecule has 0 saturated carbocycles. The molecular formula is C16H15BrClNOS. The number of nitrogens with one attached hydrogen (secondary N) is 1. The van der Waals surface area contributed by atoms with E-state index in [1.165, 1.54) is 0 Å². The van der Waals surface area contributed by atoms with E-state index in [1.807, 2.05) is 55.5 Å². The summed E-state index contributed by atoms with van der Waals surface area (Å²) in [6, 6.07) is 15.1. The van der Waals surface area contributed by atoms with Gasteiger partial charge >= 0.3 is 0 Å². The number of carbonyl (C=O) groups is 1. The maximum atomic E-state index is 12.4. The van der Waals surface area contributed by atoms with Gasteiger partial charge in [0.1, 0.15) is 0 Å². The van der Waals surface area contributed by atoms with E-state index in [-0.39, 0.29) is 11.2 Å². The first kappa shape index (κ1) is 16.4. The normalized spacial score (nSPS) is 12.0. The highest BCUT2D eigenvalue weighted by molar-refractivity contribution is 9.10. The molecule has 0 spiro atoms. The van der Waals surface area contributed by atoms with E-state index >= 15 is 0 Å². The molecule has 1 unspecified atom stereocenters. The first-order valence-electron chi connectivity index (χ1n) is 6.57. The third-order valence-corrected chi connectivity index (χ3v) is 5.21. The van der Waals surface area contributed by atoms with Crippen molar-refractivity contribution < 1.29 is 4.79 Å². The molecule has 1 atom stereocenters. The Balaban J connectivity index is 2.05. The molecule has 0 aliphatic carbocycles. The Bertz CT molecular complexity index is 618. The summed E-state index contributed by atoms with van der Waals surface area (Å²) in [5.41, 5.74) is 0.789. The molecule has 2 rings (SSSR count). The van der Waals surface area contributed by atoms with E-state index in [0.29, 0.717) is 5.02 Å². The minimum absolute atomic E-state index is 0.00403. The van der Waals surface area contributed by atoms with Crippen LogP contribution in [0.4, 0.5) is 5.69 Å². The summed E-state index contributed by atoms with van der Waals surface area (Å²) in [7, 11) is 0. The zero-order valence-corrected chi connectivity index (χ0v) is 14.6. The van der Waals surface area contributed by atoms with Crippen molar-refractivity contribution in [1.82, 2.24) is 0 Å². The molecule has 5 heteroatoms. The first-order chi connectivity index (χ1) is 10.1. The fraction of sp³-hybridized carbons (Fsp3) is 0.188. The first-order valence-corrected chi connectivity index (χ1v) is 8.63. The highest BCUT2D eigenvalue weighted by atomic mass is 79.9. The summed E-state index contributed by atoms with van der Waals surface area (Å²) in [6.45, 7) is 2.01. The molecule has 0 aromatic heterocycles. The monoisotopic (exact) mass is 383 g/mol. The van der Waals surface area contributed by atoms with Gasteiger partial charge in [-0.2, -0.15) is 0 Å². The van der Waals surface area contributed by atoms with E-state index in [1.54, 1.807) is 11.8 Å². The highest BCUT2D eigenvalue weighted by Gasteiger charge is 2.18. The molecule has 0 aliphatic heterocycles. The van der Waals surface area contributed by atoms with Crippen LogP contribution in [0.15, 0.2) is 57.9 Å². The van der Waals surface area contributed by atoms with E-state index in [2.05, 4.69) is 21.2 Å². The van der Waals surface area contributed by atoms with Crippen molar-refractivity contribution in [3.05, 3.63) is 58.0 Å². The van der Waals surface area contributed by atoms with Crippen LogP contribution in [0.1, 0.15) is 13.3 Å². The molecular weight excluding hydrogens is 370 g/mol. The van der Waals surface area contributed by atoms with Gasteiger partial charge in [-0.15, -0.1) is 11.8 Å². The summed E-state index contributed by atoms with van der Waals surface area (Å²) in [5, 5.41) is 3.52. The number of anilines is 1. The van der Waals surface area contributed by atoms with E-state index < -0.39 is 0 Å². The quantitative estimate of drug-likeness (QED) is 0.679. The standard InChI is InChI=1S/C16H15BrClNOS/c1-2-15(21-12-9-7-11(18)8-10-12)16(20)19-14-6-4-3-5-13(14)17/h3-10,15H,2H2,1H3,(H,19,20). The van der Waals surface area contributed by atoms with Crippen molar-refractivity contribution in [2.75, 3.05) is 5.32 Å². The Labute approximate surface area is 142 Å². The largest absolute Gasteiger partial charge is 0.324 e. The molecule has 1 amide bonds. The van der Waals surface area contributed by atoms with Crippen molar-refractivity contribution in [3.8, 4) is 0 Å². The molecule has 0 heterocycles. The van der Waals surface area contributed by atoms with Gasteiger partial charge in [-0.3, -0.25) is 4.79 Å². The van der Waals surface area contributed by atoms with Crippen LogP contribution in [0, 0.1) is 0 Å². The van der Waals surface area contributed by atoms with Crippen molar-refractivity contribution in [1.29, 1.82) is 0 Å². The van der Waals surface area contributed by atoms with Crippen molar-refractivity contribution in [3.63, 3.8) is 0 Å². The zero-order chi connectivity index (χ0) is 15.2. The van der Waals surface area contributed by atoms with Gasteiger partial charge in [-0.25, -0.2) is 0 Å². The van der Waals surface area contributed by atoms with Crippen LogP contribution in [0.5, 0.6) is 0 Å². The van der Waals surface area contributed by atoms with Gasteiger partial charge in [0.05, 0.1) is 10.9 Å². The number of hydrogen-bond acceptors (Lipinski definition) is 2. The second-order valence-electron chi connectivity index (χ2n) is 4.44. The Morgan fingerprint density at radius 1 is 1.24 bits per heavy atom. The van der Waals surface area contributed by atoms with Crippen molar-refractivity contribution >= 4 is 50.9 Å². The van der Waals surface area contributed by atoms with Crippen LogP contribution in [0.3, 0.4) is 0 Å². The topological polar surface area (TPSA) is 29.1 Å². The smallest absolute Gasteiger partial charge is 0.237 e. The van der Waals surface area contributed by atoms with Gasteiger partial charge < -0.3 is 5.32 Å². The summed E-state index contributed by atoms with van der Waals surface area (Å²) in [5.74, 6) is 0.00403. The van der Waals surface area contributed by atoms with Crippen LogP contribution >= 0.6 is 39.3 Å². The van der Waals surface area contributed by atoms with Gasteiger partial charge in [-0.1, -0.05) is 30.7 Å². The number of carbonyl (C=O) groups excluding carboxylic acids is 1. The average molecular weight is 385 g/mol. The van der Waals surface area contributed by atoms with Crippen LogP contribution < -0.4 is 5.32 Å². The minimum Gasteiger partial charge on any atom is -0.324 e. The number of para-hydroxylation sites is 1. The summed E-state index contributed by atoms with van der Waals surface area (Å²) >= 11 is 10.9. The summed E-state index contributed by atoms with van der Waals surface area (Å²) < 4.78 is 0.879. The molecule has 2 aromatic carbocycles. The van der Waals surface area contributed by atoms with Crippen LogP contribution in [0.2, 0.25) is 5.02 Å². The molecule has 0 saturated heterocycles. The lowest BCUT2D eigenvalue weighted by Gasteiger charge is -2.15. The van der Waals surface area contributed by atoms with Crippen LogP contribution in [-0.2, 0) is 4.79 Å². The molecule has 0 radical (unpaired) electrons. The fourth-order valence-corrected chi connectivity index (χ4v) is 3.24. The molecule has 2 nitrogen and oxygen atoms in total. The third-order valence-electron chi connectivity index (χ3n) is 2.89. The Hall–Kier alpha value is -0.970. The van der Waals surface area contributed by atoms with E-state index in [4.69, 9.17) is 11.6 Å². The Morgan fingerprint density at radius 3 is 2.52 bits per heavy atom. The lowest BCUT2D eigenvalue weighted by molar-refractivity contribution is -0.115. The number of thioether (sulfide) groups is 1. The molecule has 0 aliphatic rings. The number of halogens is 2. The van der Waals surface area contributed by atoms with Gasteiger partial charge in [0.25, 0.3) is 0 Å². The van der Waals surface area contributed by atoms with Crippen molar-refractivity contribution in [2.45, 2.75) is 23.5 Å². The number of benzene rings is 2. The molecule has 2 aromatic rings. The van der Waals surface area contributed by atoms with Crippen LogP contribution in [-0.4, -0.2) is 11.2 Å². The number of rotatable bonds is 5. The molecule has 110 valence electrons. The van der Waals surface area contributed by atoms with Crippen LogP contribution in [0.25, 0.3) is 0 Å². The molecule has 0 bridgehead atoms. The SMILES string of the molecule is CCC(Sc1ccc(Cl)cc1)C(=O)Nc1ccccc1Br. The zero-order valence-electron chi connectivity index (χ0n) is 11.5. The molecule has 21 heavy (non-hydrogen) atoms. The van der Waals surface area contributed by atoms with E-state index in [0.717, 1.165) is 21.5 Å². The summed E-state index contributed by atoms with van der Waals surface area (Å²) in [4.78, 5) is 13.4. The van der Waals surface area contributed by atoms with Crippen molar-refractivity contribution in [2.24, 2.45) is 0 Å². The average Bonchev–Trinajstić information content (AvgIpc) is 2.49. The number of amides is 1. The summed E-state index contributed by atoms with van der Waals surface area (Å²) in [6.07, 6.45) is 0.754. The number of hydrogen-bond donors (Lipinski definition) is 1. The molecule has 1 N–H and O–H groups in total. The van der Waals surface area contributed by atoms with Gasteiger partial charge in [0, 0.05) is 14.4 Å². The van der Waals surface area contributed by atoms with Gasteiger partial charge in [0.2, 0.25) is 5.91 Å². The van der Waals surface area contributed by atoms with Gasteiger partial charge in [-0.05, 0) is 58.7 Å². The predicted octanol–water partition coefficient (Wildman–Crippen LogP) is 5.61. The lowest BCUT2D eigenvalue weighted by atomic mass is 10.3. The second-order valence-corrected chi connectivity index (χ2v) is 7.00. The predicted molar refractivity (Wildman–Crippen MR) is 94.2 cm³/mol. The third kappa shape index (κ3) is 4.77. The maximum absolute atomic E-state index is 12.4. The van der Waals surface area contributed by atoms with E-state index in [9.17, 15) is 4.79 Å².